The second kappa shape index (κ2) is 14.0. The van der Waals surface area contributed by atoms with E-state index in [0.717, 1.165) is 0 Å². The van der Waals surface area contributed by atoms with Crippen LogP contribution in [0.2, 0.25) is 0 Å². The summed E-state index contributed by atoms with van der Waals surface area (Å²) in [5.74, 6) is -2.36. The van der Waals surface area contributed by atoms with Crippen LogP contribution in [0.25, 0.3) is 0 Å². The van der Waals surface area contributed by atoms with Gasteiger partial charge in [-0.05, 0) is 0 Å². The predicted molar refractivity (Wildman–Crippen MR) is 55.0 cm³/mol. The van der Waals surface area contributed by atoms with Crippen molar-refractivity contribution >= 4 is 37.0 Å². The average molecular weight is 238 g/mol. The van der Waals surface area contributed by atoms with Gasteiger partial charge in [-0.1, -0.05) is 0 Å². The van der Waals surface area contributed by atoms with Gasteiger partial charge in [0.2, 0.25) is 0 Å². The highest BCUT2D eigenvalue weighted by Crippen LogP contribution is 1.99. The fourth-order valence-electron chi connectivity index (χ4n) is 0.253. The van der Waals surface area contributed by atoms with Gasteiger partial charge in [-0.25, -0.2) is 0 Å². The zero-order chi connectivity index (χ0) is 7.44. The summed E-state index contributed by atoms with van der Waals surface area (Å²) in [7, 11) is 0. The Hall–Kier alpha value is -0.540. The lowest BCUT2D eigenvalue weighted by Crippen LogP contribution is -2.17. The molecular formula is C4H16ClN3O4S. The number of thiol groups is 1. The normalized spacial score (nSPS) is 8.69. The first-order valence-electron chi connectivity index (χ1n) is 2.16. The molecule has 7 nitrogen and oxygen atoms in total. The Morgan fingerprint density at radius 1 is 1.15 bits per heavy atom. The summed E-state index contributed by atoms with van der Waals surface area (Å²) in [5.41, 5.74) is 0. The van der Waals surface area contributed by atoms with E-state index in [1.54, 1.807) is 0 Å². The maximum absolute atomic E-state index is 9.90. The number of hydrogen-bond donors (Lipinski definition) is 6. The predicted octanol–water partition coefficient (Wildman–Crippen LogP) is 0.752. The fourth-order valence-corrected chi connectivity index (χ4v) is 0.409. The van der Waals surface area contributed by atoms with Crippen molar-refractivity contribution in [1.82, 2.24) is 18.5 Å². The summed E-state index contributed by atoms with van der Waals surface area (Å²) in [6.07, 6.45) is -0.446. The molecule has 0 saturated heterocycles. The Morgan fingerprint density at radius 3 is 1.54 bits per heavy atom. The van der Waals surface area contributed by atoms with Crippen molar-refractivity contribution in [3.63, 3.8) is 0 Å². The number of rotatable bonds is 3. The van der Waals surface area contributed by atoms with Gasteiger partial charge >= 0.3 is 11.9 Å². The Morgan fingerprint density at radius 2 is 1.46 bits per heavy atom. The fraction of sp³-hybridized carbons (Fsp3) is 0.500. The zero-order valence-corrected chi connectivity index (χ0v) is 8.68. The summed E-state index contributed by atoms with van der Waals surface area (Å²) in [6.45, 7) is 0. The van der Waals surface area contributed by atoms with Crippen LogP contribution in [-0.2, 0) is 9.59 Å². The minimum Gasteiger partial charge on any atom is -0.481 e. The molecular weight excluding hydrogens is 222 g/mol. The molecule has 0 aromatic heterocycles. The van der Waals surface area contributed by atoms with Crippen LogP contribution in [0.1, 0.15) is 6.42 Å². The van der Waals surface area contributed by atoms with Crippen molar-refractivity contribution in [1.29, 1.82) is 0 Å². The van der Waals surface area contributed by atoms with E-state index in [2.05, 4.69) is 12.6 Å². The van der Waals surface area contributed by atoms with E-state index in [4.69, 9.17) is 10.2 Å². The van der Waals surface area contributed by atoms with E-state index in [0.29, 0.717) is 0 Å². The number of hydrogen-bond acceptors (Lipinski definition) is 6. The lowest BCUT2D eigenvalue weighted by molar-refractivity contribution is -0.142. The van der Waals surface area contributed by atoms with E-state index < -0.39 is 23.6 Å². The highest BCUT2D eigenvalue weighted by atomic mass is 35.5. The molecule has 0 aliphatic heterocycles. The highest BCUT2D eigenvalue weighted by Gasteiger charge is 2.14. The third-order valence-corrected chi connectivity index (χ3v) is 1.06. The van der Waals surface area contributed by atoms with Gasteiger partial charge in [0, 0.05) is 0 Å². The van der Waals surface area contributed by atoms with Crippen LogP contribution in [-0.4, -0.2) is 27.4 Å². The maximum atomic E-state index is 9.90. The largest absolute Gasteiger partial charge is 0.481 e. The van der Waals surface area contributed by atoms with Gasteiger partial charge in [-0.3, -0.25) is 9.59 Å². The molecule has 0 bridgehead atoms. The maximum Gasteiger partial charge on any atom is 0.316 e. The molecule has 0 radical (unpaired) electrons. The van der Waals surface area contributed by atoms with Gasteiger partial charge in [-0.2, -0.15) is 12.6 Å². The number of carbonyl (C=O) groups is 2. The van der Waals surface area contributed by atoms with E-state index >= 15 is 0 Å². The topological polar surface area (TPSA) is 180 Å². The van der Waals surface area contributed by atoms with Crippen LogP contribution in [0.5, 0.6) is 0 Å². The van der Waals surface area contributed by atoms with Crippen LogP contribution < -0.4 is 18.5 Å². The molecule has 13 heavy (non-hydrogen) atoms. The molecule has 0 rings (SSSR count). The molecule has 0 saturated carbocycles. The molecule has 0 aliphatic rings. The van der Waals surface area contributed by atoms with Gasteiger partial charge in [-0.15, -0.1) is 12.4 Å². The Bertz CT molecular complexity index is 147. The number of carboxylic acid groups (broad SMARTS) is 2. The summed E-state index contributed by atoms with van der Waals surface area (Å²) in [4.78, 5) is 19.7. The molecule has 1 unspecified atom stereocenters. The minimum absolute atomic E-state index is 0. The highest BCUT2D eigenvalue weighted by molar-refractivity contribution is 7.81. The molecule has 0 fully saturated rings. The van der Waals surface area contributed by atoms with Crippen molar-refractivity contribution in [3.05, 3.63) is 0 Å². The molecule has 9 heteroatoms. The number of carboxylic acids is 2. The molecule has 1 atom stereocenters. The molecule has 0 amide bonds. The van der Waals surface area contributed by atoms with Crippen molar-refractivity contribution in [2.45, 2.75) is 11.7 Å². The van der Waals surface area contributed by atoms with E-state index in [1.165, 1.54) is 0 Å². The first kappa shape index (κ1) is 29.4. The Labute approximate surface area is 87.5 Å². The van der Waals surface area contributed by atoms with Crippen molar-refractivity contribution in [2.24, 2.45) is 0 Å². The van der Waals surface area contributed by atoms with Gasteiger partial charge in [0.15, 0.2) is 0 Å². The Balaban J connectivity index is -0.0000000533. The lowest BCUT2D eigenvalue weighted by atomic mass is 10.3. The van der Waals surface area contributed by atoms with Crippen molar-refractivity contribution < 1.29 is 19.8 Å². The minimum atomic E-state index is -1.21. The summed E-state index contributed by atoms with van der Waals surface area (Å²) >= 11 is 3.48. The van der Waals surface area contributed by atoms with Crippen LogP contribution in [0, 0.1) is 0 Å². The van der Waals surface area contributed by atoms with Gasteiger partial charge in [0.1, 0.15) is 5.25 Å². The van der Waals surface area contributed by atoms with Gasteiger partial charge < -0.3 is 28.7 Å². The molecule has 0 heterocycles. The summed E-state index contributed by atoms with van der Waals surface area (Å²) in [6, 6.07) is 0. The van der Waals surface area contributed by atoms with Crippen LogP contribution in [0.3, 0.4) is 0 Å². The molecule has 0 aliphatic carbocycles. The first-order valence-corrected chi connectivity index (χ1v) is 2.68. The standard InChI is InChI=1S/C4H6O4S.ClH.3H3N/c5-3(6)1-2(9)4(7)8;;;;/h2,9H,1H2,(H,5,6)(H,7,8);1H;3*1H3. The smallest absolute Gasteiger partial charge is 0.316 e. The zero-order valence-electron chi connectivity index (χ0n) is 6.97. The average Bonchev–Trinajstić information content (AvgIpc) is 1.63. The van der Waals surface area contributed by atoms with Gasteiger partial charge in [0.25, 0.3) is 0 Å². The van der Waals surface area contributed by atoms with E-state index in [1.807, 2.05) is 0 Å². The van der Waals surface area contributed by atoms with Gasteiger partial charge in [0.05, 0.1) is 6.42 Å². The number of halogens is 1. The summed E-state index contributed by atoms with van der Waals surface area (Å²) in [5, 5.41) is 15.0. The van der Waals surface area contributed by atoms with Crippen molar-refractivity contribution in [3.8, 4) is 0 Å². The van der Waals surface area contributed by atoms with Crippen LogP contribution in [0.15, 0.2) is 0 Å². The second-order valence-corrected chi connectivity index (χ2v) is 2.08. The van der Waals surface area contributed by atoms with Crippen LogP contribution in [0.4, 0.5) is 0 Å². The van der Waals surface area contributed by atoms with Crippen molar-refractivity contribution in [2.75, 3.05) is 0 Å². The summed E-state index contributed by atoms with van der Waals surface area (Å²) < 4.78 is 0. The second-order valence-electron chi connectivity index (χ2n) is 1.45. The lowest BCUT2D eigenvalue weighted by Gasteiger charge is -1.97. The first-order chi connectivity index (χ1) is 4.04. The molecule has 11 N–H and O–H groups in total. The van der Waals surface area contributed by atoms with Crippen LogP contribution >= 0.6 is 25.0 Å². The monoisotopic (exact) mass is 237 g/mol. The van der Waals surface area contributed by atoms with E-state index in [9.17, 15) is 9.59 Å². The number of aliphatic carboxylic acids is 2. The third kappa shape index (κ3) is 18.4. The molecule has 0 aromatic rings. The van der Waals surface area contributed by atoms with E-state index in [-0.39, 0.29) is 30.9 Å². The molecule has 0 aromatic carbocycles. The quantitative estimate of drug-likeness (QED) is 0.392. The SMILES string of the molecule is Cl.N.N.N.O=C(O)CC(S)C(=O)O. The molecule has 84 valence electrons. The Kier molecular flexibility index (Phi) is 31.7. The third-order valence-electron chi connectivity index (χ3n) is 0.653. The molecule has 0 spiro atoms.